The molecule has 9 nitrogen and oxygen atoms in total. The molecule has 4 aromatic rings. The molecule has 3 N–H and O–H groups in total. The van der Waals surface area contributed by atoms with Crippen molar-refractivity contribution in [3.8, 4) is 11.4 Å². The van der Waals surface area contributed by atoms with Crippen LogP contribution in [-0.4, -0.2) is 84.9 Å². The second kappa shape index (κ2) is 10.8. The molecule has 12 heteroatoms. The zero-order chi connectivity index (χ0) is 32.8. The molecule has 0 bridgehead atoms. The number of aromatic nitrogens is 3. The van der Waals surface area contributed by atoms with E-state index >= 15 is 0 Å². The highest BCUT2D eigenvalue weighted by Crippen LogP contribution is 2.50. The number of fused-ring (bicyclic) bond motifs is 2. The minimum atomic E-state index is -4.72. The van der Waals surface area contributed by atoms with Crippen molar-refractivity contribution >= 4 is 28.2 Å². The molecule has 2 saturated carbocycles. The van der Waals surface area contributed by atoms with E-state index < -0.39 is 30.5 Å². The Kier molecular flexibility index (Phi) is 7.00. The first-order chi connectivity index (χ1) is 22.4. The van der Waals surface area contributed by atoms with Crippen molar-refractivity contribution < 1.29 is 27.9 Å². The average molecular weight is 649 g/mol. The molecular formula is C35H39F3N6O3. The van der Waals surface area contributed by atoms with Crippen LogP contribution in [0.2, 0.25) is 0 Å². The molecule has 5 heterocycles. The number of halogens is 3. The van der Waals surface area contributed by atoms with E-state index in [-0.39, 0.29) is 23.8 Å². The molecule has 3 aromatic heterocycles. The lowest BCUT2D eigenvalue weighted by Crippen LogP contribution is -2.61. The fraction of sp³-hybridized carbons (Fsp3) is 0.514. The van der Waals surface area contributed by atoms with Crippen LogP contribution in [0.15, 0.2) is 42.6 Å². The number of piperidine rings is 1. The summed E-state index contributed by atoms with van der Waals surface area (Å²) in [6, 6.07) is 12.2. The van der Waals surface area contributed by atoms with Gasteiger partial charge in [0.2, 0.25) is 5.91 Å². The third kappa shape index (κ3) is 5.11. The van der Waals surface area contributed by atoms with Gasteiger partial charge < -0.3 is 25.2 Å². The highest BCUT2D eigenvalue weighted by Gasteiger charge is 2.63. The van der Waals surface area contributed by atoms with Crippen molar-refractivity contribution in [2.45, 2.75) is 75.7 Å². The first-order valence-electron chi connectivity index (χ1n) is 16.6. The summed E-state index contributed by atoms with van der Waals surface area (Å²) in [7, 11) is 0. The maximum absolute atomic E-state index is 13.3. The van der Waals surface area contributed by atoms with Crippen molar-refractivity contribution in [3.05, 3.63) is 59.3 Å². The van der Waals surface area contributed by atoms with Gasteiger partial charge in [-0.1, -0.05) is 18.2 Å². The van der Waals surface area contributed by atoms with E-state index in [1.54, 1.807) is 9.42 Å². The van der Waals surface area contributed by atoms with Crippen LogP contribution >= 0.6 is 0 Å². The minimum absolute atomic E-state index is 0.000624. The third-order valence-corrected chi connectivity index (χ3v) is 10.9. The summed E-state index contributed by atoms with van der Waals surface area (Å²) in [5.74, 6) is -0.512. The normalized spacial score (nSPS) is 25.3. The molecule has 8 rings (SSSR count). The van der Waals surface area contributed by atoms with Gasteiger partial charge in [0.05, 0.1) is 22.3 Å². The van der Waals surface area contributed by atoms with Gasteiger partial charge in [0.15, 0.2) is 5.60 Å². The Hall–Kier alpha value is -3.90. The zero-order valence-corrected chi connectivity index (χ0v) is 26.3. The summed E-state index contributed by atoms with van der Waals surface area (Å²) < 4.78 is 43.5. The number of alkyl halides is 3. The maximum atomic E-state index is 13.3. The Balaban J connectivity index is 1.08. The largest absolute Gasteiger partial charge is 0.417 e. The number of carbonyl (C=O) groups is 2. The van der Waals surface area contributed by atoms with Crippen molar-refractivity contribution in [1.82, 2.24) is 24.0 Å². The predicted octanol–water partition coefficient (Wildman–Crippen LogP) is 4.87. The molecule has 4 aliphatic rings. The van der Waals surface area contributed by atoms with Gasteiger partial charge >= 0.3 is 6.18 Å². The van der Waals surface area contributed by atoms with E-state index in [1.807, 2.05) is 29.3 Å². The van der Waals surface area contributed by atoms with Crippen LogP contribution < -0.4 is 5.73 Å². The average Bonchev–Trinajstić information content (AvgIpc) is 3.66. The van der Waals surface area contributed by atoms with Crippen LogP contribution in [0, 0.1) is 18.8 Å². The van der Waals surface area contributed by atoms with E-state index in [2.05, 4.69) is 29.7 Å². The number of rotatable bonds is 6. The number of para-hydroxylation sites is 1. The number of hydrogen-bond acceptors (Lipinski definition) is 5. The van der Waals surface area contributed by atoms with Gasteiger partial charge in [-0.15, -0.1) is 0 Å². The van der Waals surface area contributed by atoms with Crippen LogP contribution in [0.25, 0.3) is 27.8 Å². The third-order valence-electron chi connectivity index (χ3n) is 10.9. The van der Waals surface area contributed by atoms with Crippen LogP contribution in [0.3, 0.4) is 0 Å². The second-order valence-electron chi connectivity index (χ2n) is 14.3. The van der Waals surface area contributed by atoms with E-state index in [0.29, 0.717) is 37.7 Å². The molecule has 1 aromatic carbocycles. The Bertz CT molecular complexity index is 1900. The van der Waals surface area contributed by atoms with Crippen LogP contribution in [-0.2, 0) is 11.3 Å². The lowest BCUT2D eigenvalue weighted by molar-refractivity contribution is -0.297. The number of benzene rings is 1. The summed E-state index contributed by atoms with van der Waals surface area (Å²) in [5.41, 5.74) is 9.99. The molecule has 4 fully saturated rings. The molecule has 2 saturated heterocycles. The summed E-state index contributed by atoms with van der Waals surface area (Å²) in [4.78, 5) is 29.7. The molecule has 47 heavy (non-hydrogen) atoms. The Morgan fingerprint density at radius 3 is 2.53 bits per heavy atom. The van der Waals surface area contributed by atoms with Gasteiger partial charge in [-0.05, 0) is 75.1 Å². The van der Waals surface area contributed by atoms with Crippen LogP contribution in [0.4, 0.5) is 13.2 Å². The summed E-state index contributed by atoms with van der Waals surface area (Å²) in [5, 5.41) is 15.9. The highest BCUT2D eigenvalue weighted by atomic mass is 19.4. The maximum Gasteiger partial charge on any atom is 0.417 e. The molecule has 0 radical (unpaired) electrons. The van der Waals surface area contributed by atoms with E-state index in [9.17, 15) is 27.9 Å². The molecule has 248 valence electrons. The fourth-order valence-electron chi connectivity index (χ4n) is 7.82. The van der Waals surface area contributed by atoms with Crippen molar-refractivity contribution in [3.63, 3.8) is 0 Å². The molecule has 2 aliphatic heterocycles. The first kappa shape index (κ1) is 30.4. The number of aryl methyl sites for hydroxylation is 1. The first-order valence-corrected chi connectivity index (χ1v) is 16.6. The summed E-state index contributed by atoms with van der Waals surface area (Å²) >= 11 is 0. The van der Waals surface area contributed by atoms with Gasteiger partial charge in [0.1, 0.15) is 5.69 Å². The van der Waals surface area contributed by atoms with E-state index in [0.717, 1.165) is 71.2 Å². The molecule has 0 spiro atoms. The standard InChI is InChI=1S/C35H39F3N6O3/c1-20-28-10-9-23(32(45)41-11-3-5-26(39)19-41)18-44(28)40-30(20)29-12-22-4-2-6-27(31(22)43(29)15-21-7-8-21)25-16-42(17-25)33(46)24-13-34(47,14-24)35(36,37)38/h2,4,6,9-10,12,18,21,24-26,47H,3,5,7-8,11,13-17,19,39H2,1H3. The van der Waals surface area contributed by atoms with E-state index in [1.165, 1.54) is 0 Å². The van der Waals surface area contributed by atoms with Crippen molar-refractivity contribution in [2.24, 2.45) is 17.6 Å². The number of nitrogens with two attached hydrogens (primary N) is 1. The Labute approximate surface area is 270 Å². The second-order valence-corrected chi connectivity index (χ2v) is 14.3. The molecule has 2 amide bonds. The van der Waals surface area contributed by atoms with Crippen molar-refractivity contribution in [2.75, 3.05) is 26.2 Å². The topological polar surface area (TPSA) is 109 Å². The van der Waals surface area contributed by atoms with Crippen molar-refractivity contribution in [1.29, 1.82) is 0 Å². The molecular weight excluding hydrogens is 609 g/mol. The number of nitrogens with zero attached hydrogens (tertiary/aromatic N) is 5. The number of amides is 2. The number of aliphatic hydroxyl groups is 1. The van der Waals surface area contributed by atoms with Gasteiger partial charge in [-0.3, -0.25) is 9.59 Å². The summed E-state index contributed by atoms with van der Waals surface area (Å²) in [6.45, 7) is 5.03. The van der Waals surface area contributed by atoms with Gasteiger partial charge in [-0.2, -0.15) is 18.3 Å². The van der Waals surface area contributed by atoms with Gasteiger partial charge in [0.25, 0.3) is 5.91 Å². The van der Waals surface area contributed by atoms with Crippen LogP contribution in [0.1, 0.15) is 65.9 Å². The highest BCUT2D eigenvalue weighted by molar-refractivity contribution is 5.95. The quantitative estimate of drug-likeness (QED) is 0.310. The summed E-state index contributed by atoms with van der Waals surface area (Å²) in [6.07, 6.45) is 0.0988. The SMILES string of the molecule is Cc1c(-c2cc3cccc(C4CN(C(=O)C5CC(O)(C(F)(F)F)C5)C4)c3n2CC2CC2)nn2cc(C(=O)N3CCCC(N)C3)ccc12. The number of hydrogen-bond donors (Lipinski definition) is 2. The smallest absolute Gasteiger partial charge is 0.380 e. The monoisotopic (exact) mass is 648 g/mol. The number of likely N-dealkylation sites (tertiary alicyclic amines) is 2. The number of pyridine rings is 1. The molecule has 2 aliphatic carbocycles. The number of carbonyl (C=O) groups excluding carboxylic acids is 2. The minimum Gasteiger partial charge on any atom is -0.380 e. The lowest BCUT2D eigenvalue weighted by atomic mass is 9.69. The Morgan fingerprint density at radius 1 is 1.06 bits per heavy atom. The predicted molar refractivity (Wildman–Crippen MR) is 170 cm³/mol. The molecule has 1 atom stereocenters. The van der Waals surface area contributed by atoms with Crippen LogP contribution in [0.5, 0.6) is 0 Å². The molecule has 1 unspecified atom stereocenters. The van der Waals surface area contributed by atoms with Gasteiger partial charge in [0, 0.05) is 67.7 Å². The van der Waals surface area contributed by atoms with Gasteiger partial charge in [-0.25, -0.2) is 4.52 Å². The zero-order valence-electron chi connectivity index (χ0n) is 26.3. The fourth-order valence-corrected chi connectivity index (χ4v) is 7.82. The lowest BCUT2D eigenvalue weighted by Gasteiger charge is -2.48. The Morgan fingerprint density at radius 2 is 1.83 bits per heavy atom. The van der Waals surface area contributed by atoms with E-state index in [4.69, 9.17) is 10.8 Å².